The van der Waals surface area contributed by atoms with Crippen LogP contribution in [0.3, 0.4) is 0 Å². The molecule has 1 heterocycles. The third-order valence-corrected chi connectivity index (χ3v) is 2.65. The first-order chi connectivity index (χ1) is 6.80. The van der Waals surface area contributed by atoms with Crippen molar-refractivity contribution in [3.05, 3.63) is 0 Å². The highest BCUT2D eigenvalue weighted by atomic mass is 16.7. The number of nitrogens with zero attached hydrogens (tertiary/aromatic N) is 1. The lowest BCUT2D eigenvalue weighted by atomic mass is 9.87. The molecule has 1 fully saturated rings. The highest BCUT2D eigenvalue weighted by Gasteiger charge is 2.38. The highest BCUT2D eigenvalue weighted by molar-refractivity contribution is 5.77. The highest BCUT2D eigenvalue weighted by Crippen LogP contribution is 2.30. The molecule has 1 rings (SSSR count). The van der Waals surface area contributed by atoms with Crippen molar-refractivity contribution >= 4 is 5.91 Å². The molecule has 2 unspecified atom stereocenters. The number of hydroxylamine groups is 2. The van der Waals surface area contributed by atoms with E-state index < -0.39 is 0 Å². The molecule has 15 heavy (non-hydrogen) atoms. The fourth-order valence-electron chi connectivity index (χ4n) is 1.47. The molecule has 1 aliphatic heterocycles. The quantitative estimate of drug-likeness (QED) is 0.770. The van der Waals surface area contributed by atoms with Crippen LogP contribution in [0, 0.1) is 5.41 Å². The Kier molecular flexibility index (Phi) is 3.73. The summed E-state index contributed by atoms with van der Waals surface area (Å²) in [4.78, 5) is 17.2. The SMILES string of the molecule is CC(N)CCN1OC(C(C)(C)C)CC1=O. The van der Waals surface area contributed by atoms with Crippen molar-refractivity contribution < 1.29 is 9.63 Å². The number of carbonyl (C=O) groups excluding carboxylic acids is 1. The van der Waals surface area contributed by atoms with Gasteiger partial charge in [0.1, 0.15) is 0 Å². The van der Waals surface area contributed by atoms with Crippen LogP contribution >= 0.6 is 0 Å². The summed E-state index contributed by atoms with van der Waals surface area (Å²) in [5, 5.41) is 1.47. The monoisotopic (exact) mass is 214 g/mol. The van der Waals surface area contributed by atoms with E-state index in [1.807, 2.05) is 6.92 Å². The van der Waals surface area contributed by atoms with Crippen LogP contribution in [0.1, 0.15) is 40.5 Å². The Balaban J connectivity index is 2.46. The first kappa shape index (κ1) is 12.5. The summed E-state index contributed by atoms with van der Waals surface area (Å²) >= 11 is 0. The molecule has 0 saturated carbocycles. The van der Waals surface area contributed by atoms with Gasteiger partial charge in [-0.3, -0.25) is 9.63 Å². The summed E-state index contributed by atoms with van der Waals surface area (Å²) in [5.41, 5.74) is 5.66. The third kappa shape index (κ3) is 3.47. The van der Waals surface area contributed by atoms with Gasteiger partial charge in [-0.2, -0.15) is 0 Å². The standard InChI is InChI=1S/C11H22N2O2/c1-8(12)5-6-13-10(14)7-9(15-13)11(2,3)4/h8-9H,5-7,12H2,1-4H3. The summed E-state index contributed by atoms with van der Waals surface area (Å²) in [6, 6.07) is 0.107. The first-order valence-electron chi connectivity index (χ1n) is 5.53. The summed E-state index contributed by atoms with van der Waals surface area (Å²) < 4.78 is 0. The van der Waals surface area contributed by atoms with Gasteiger partial charge in [-0.15, -0.1) is 0 Å². The van der Waals surface area contributed by atoms with Gasteiger partial charge >= 0.3 is 0 Å². The normalized spacial score (nSPS) is 24.7. The van der Waals surface area contributed by atoms with E-state index in [2.05, 4.69) is 20.8 Å². The smallest absolute Gasteiger partial charge is 0.248 e. The maximum atomic E-state index is 11.6. The molecule has 4 nitrogen and oxygen atoms in total. The maximum absolute atomic E-state index is 11.6. The van der Waals surface area contributed by atoms with Crippen molar-refractivity contribution in [3.8, 4) is 0 Å². The van der Waals surface area contributed by atoms with Crippen LogP contribution in [0.15, 0.2) is 0 Å². The molecule has 1 amide bonds. The molecule has 0 aromatic heterocycles. The summed E-state index contributed by atoms with van der Waals surface area (Å²) in [7, 11) is 0. The van der Waals surface area contributed by atoms with E-state index in [4.69, 9.17) is 10.6 Å². The predicted octanol–water partition coefficient (Wildman–Crippen LogP) is 1.30. The van der Waals surface area contributed by atoms with Crippen LogP contribution in [0.2, 0.25) is 0 Å². The van der Waals surface area contributed by atoms with Crippen molar-refractivity contribution in [1.82, 2.24) is 5.06 Å². The summed E-state index contributed by atoms with van der Waals surface area (Å²) in [6.45, 7) is 8.78. The number of carbonyl (C=O) groups is 1. The minimum absolute atomic E-state index is 0.00178. The summed E-state index contributed by atoms with van der Waals surface area (Å²) in [5.74, 6) is 0.0792. The van der Waals surface area contributed by atoms with E-state index in [1.165, 1.54) is 5.06 Å². The van der Waals surface area contributed by atoms with E-state index in [9.17, 15) is 4.79 Å². The van der Waals surface area contributed by atoms with Crippen molar-refractivity contribution in [3.63, 3.8) is 0 Å². The van der Waals surface area contributed by atoms with Crippen LogP contribution in [0.5, 0.6) is 0 Å². The predicted molar refractivity (Wildman–Crippen MR) is 58.9 cm³/mol. The molecule has 2 N–H and O–H groups in total. The van der Waals surface area contributed by atoms with Crippen molar-refractivity contribution in [2.45, 2.75) is 52.7 Å². The molecule has 0 spiro atoms. The molecular weight excluding hydrogens is 192 g/mol. The minimum Gasteiger partial charge on any atom is -0.328 e. The first-order valence-corrected chi connectivity index (χ1v) is 5.53. The number of hydrogen-bond donors (Lipinski definition) is 1. The minimum atomic E-state index is -0.00178. The second-order valence-corrected chi connectivity index (χ2v) is 5.43. The fourth-order valence-corrected chi connectivity index (χ4v) is 1.47. The molecule has 2 atom stereocenters. The fraction of sp³-hybridized carbons (Fsp3) is 0.909. The second kappa shape index (κ2) is 4.49. The zero-order valence-electron chi connectivity index (χ0n) is 10.1. The van der Waals surface area contributed by atoms with Crippen molar-refractivity contribution in [2.75, 3.05) is 6.54 Å². The molecule has 88 valence electrons. The molecule has 0 aliphatic carbocycles. The molecule has 1 aliphatic rings. The molecule has 4 heteroatoms. The number of nitrogens with two attached hydrogens (primary N) is 1. The molecule has 0 radical (unpaired) electrons. The van der Waals surface area contributed by atoms with Crippen LogP contribution in [0.25, 0.3) is 0 Å². The molecule has 0 aromatic carbocycles. The van der Waals surface area contributed by atoms with Gasteiger partial charge in [0.2, 0.25) is 5.91 Å². The van der Waals surface area contributed by atoms with Crippen molar-refractivity contribution in [1.29, 1.82) is 0 Å². The van der Waals surface area contributed by atoms with E-state index in [0.29, 0.717) is 13.0 Å². The lowest BCUT2D eigenvalue weighted by Gasteiger charge is -2.26. The van der Waals surface area contributed by atoms with Crippen LogP contribution in [-0.4, -0.2) is 29.7 Å². The Morgan fingerprint density at radius 2 is 2.20 bits per heavy atom. The van der Waals surface area contributed by atoms with Crippen molar-refractivity contribution in [2.24, 2.45) is 11.1 Å². The zero-order chi connectivity index (χ0) is 11.6. The lowest BCUT2D eigenvalue weighted by molar-refractivity contribution is -0.185. The Labute approximate surface area is 91.7 Å². The van der Waals surface area contributed by atoms with Gasteiger partial charge in [-0.1, -0.05) is 20.8 Å². The topological polar surface area (TPSA) is 55.6 Å². The van der Waals surface area contributed by atoms with E-state index in [-0.39, 0.29) is 23.5 Å². The van der Waals surface area contributed by atoms with Gasteiger partial charge in [0.15, 0.2) is 0 Å². The zero-order valence-corrected chi connectivity index (χ0v) is 10.1. The number of hydrogen-bond acceptors (Lipinski definition) is 3. The van der Waals surface area contributed by atoms with Gasteiger partial charge in [-0.25, -0.2) is 5.06 Å². The lowest BCUT2D eigenvalue weighted by Crippen LogP contribution is -2.31. The molecule has 0 bridgehead atoms. The van der Waals surface area contributed by atoms with Gasteiger partial charge < -0.3 is 5.73 Å². The molecule has 0 aromatic rings. The van der Waals surface area contributed by atoms with Gasteiger partial charge in [0.25, 0.3) is 0 Å². The van der Waals surface area contributed by atoms with Gasteiger partial charge in [0.05, 0.1) is 19.1 Å². The average molecular weight is 214 g/mol. The van der Waals surface area contributed by atoms with E-state index in [0.717, 1.165) is 6.42 Å². The van der Waals surface area contributed by atoms with Gasteiger partial charge in [-0.05, 0) is 18.8 Å². The largest absolute Gasteiger partial charge is 0.328 e. The Hall–Kier alpha value is -0.610. The number of rotatable bonds is 3. The van der Waals surface area contributed by atoms with E-state index in [1.54, 1.807) is 0 Å². The summed E-state index contributed by atoms with van der Waals surface area (Å²) in [6.07, 6.45) is 1.27. The Morgan fingerprint density at radius 1 is 1.60 bits per heavy atom. The Morgan fingerprint density at radius 3 is 2.60 bits per heavy atom. The average Bonchev–Trinajstić information content (AvgIpc) is 2.42. The van der Waals surface area contributed by atoms with E-state index >= 15 is 0 Å². The second-order valence-electron chi connectivity index (χ2n) is 5.43. The maximum Gasteiger partial charge on any atom is 0.248 e. The molecule has 1 saturated heterocycles. The van der Waals surface area contributed by atoms with Crippen LogP contribution in [-0.2, 0) is 9.63 Å². The van der Waals surface area contributed by atoms with Crippen LogP contribution < -0.4 is 5.73 Å². The van der Waals surface area contributed by atoms with Crippen LogP contribution in [0.4, 0.5) is 0 Å². The third-order valence-electron chi connectivity index (χ3n) is 2.65. The van der Waals surface area contributed by atoms with Gasteiger partial charge in [0, 0.05) is 6.04 Å². The Bertz CT molecular complexity index is 233. The molecular formula is C11H22N2O2. The number of amides is 1.